The molecule has 0 radical (unpaired) electrons. The first-order valence-electron chi connectivity index (χ1n) is 8.45. The second-order valence-corrected chi connectivity index (χ2v) is 8.48. The highest BCUT2D eigenvalue weighted by Crippen LogP contribution is 2.39. The summed E-state index contributed by atoms with van der Waals surface area (Å²) in [4.78, 5) is 5.63. The Labute approximate surface area is 165 Å². The minimum atomic E-state index is -1.23. The summed E-state index contributed by atoms with van der Waals surface area (Å²) in [6.07, 6.45) is 0.488. The van der Waals surface area contributed by atoms with Crippen LogP contribution in [0.3, 0.4) is 0 Å². The van der Waals surface area contributed by atoms with Gasteiger partial charge in [0.2, 0.25) is 0 Å². The lowest BCUT2D eigenvalue weighted by Crippen LogP contribution is -2.07. The molecule has 27 heavy (non-hydrogen) atoms. The molecule has 7 heteroatoms. The van der Waals surface area contributed by atoms with Crippen LogP contribution in [0, 0.1) is 0 Å². The smallest absolute Gasteiger partial charge is 0.302 e. The normalized spacial score (nSPS) is 12.0. The average molecular weight is 404 g/mol. The topological polar surface area (TPSA) is 74.6 Å². The Morgan fingerprint density at radius 2 is 1.52 bits per heavy atom. The number of nitrogens with zero attached hydrogens (tertiary/aromatic N) is 1. The molecule has 3 aromatic rings. The number of aromatic nitrogens is 1. The maximum Gasteiger partial charge on any atom is 0.302 e. The van der Waals surface area contributed by atoms with Crippen LogP contribution < -0.4 is 9.47 Å². The van der Waals surface area contributed by atoms with Gasteiger partial charge in [0.1, 0.15) is 17.3 Å². The molecule has 1 unspecified atom stereocenters. The van der Waals surface area contributed by atoms with Crippen molar-refractivity contribution < 1.29 is 19.1 Å². The molecule has 0 fully saturated rings. The first-order valence-corrected chi connectivity index (χ1v) is 10.6. The van der Waals surface area contributed by atoms with Crippen LogP contribution in [0.25, 0.3) is 21.7 Å². The predicted molar refractivity (Wildman–Crippen MR) is 109 cm³/mol. The predicted octanol–water partition coefficient (Wildman–Crippen LogP) is 3.98. The van der Waals surface area contributed by atoms with E-state index in [2.05, 4.69) is 4.98 Å². The minimum Gasteiger partial charge on any atom is -0.610 e. The summed E-state index contributed by atoms with van der Waals surface area (Å²) in [5.74, 6) is 1.95. The molecule has 0 saturated carbocycles. The third kappa shape index (κ3) is 4.62. The molecule has 0 amide bonds. The largest absolute Gasteiger partial charge is 0.610 e. The molecule has 3 rings (SSSR count). The number of benzene rings is 2. The number of methoxy groups -OCH3 is 2. The van der Waals surface area contributed by atoms with Gasteiger partial charge in [-0.1, -0.05) is 11.3 Å². The molecule has 1 atom stereocenters. The average Bonchev–Trinajstić information content (AvgIpc) is 3.17. The van der Waals surface area contributed by atoms with Crippen molar-refractivity contribution in [2.24, 2.45) is 0 Å². The van der Waals surface area contributed by atoms with E-state index in [1.165, 1.54) is 11.3 Å². The fourth-order valence-electron chi connectivity index (χ4n) is 2.56. The van der Waals surface area contributed by atoms with Crippen molar-refractivity contribution in [3.05, 3.63) is 48.5 Å². The zero-order valence-electron chi connectivity index (χ0n) is 15.2. The molecule has 1 N–H and O–H groups in total. The Kier molecular flexibility index (Phi) is 6.73. The van der Waals surface area contributed by atoms with Gasteiger partial charge in [0.05, 0.1) is 24.8 Å². The lowest BCUT2D eigenvalue weighted by Gasteiger charge is -2.05. The van der Waals surface area contributed by atoms with Crippen molar-refractivity contribution >= 4 is 22.5 Å². The van der Waals surface area contributed by atoms with E-state index in [1.54, 1.807) is 14.2 Å². The summed E-state index contributed by atoms with van der Waals surface area (Å²) < 4.78 is 23.6. The molecule has 5 nitrogen and oxygen atoms in total. The molecule has 1 aromatic heterocycles. The van der Waals surface area contributed by atoms with Gasteiger partial charge in [0.25, 0.3) is 0 Å². The molecule has 142 valence electrons. The number of hydrogen-bond acceptors (Lipinski definition) is 6. The molecule has 0 saturated heterocycles. The molecule has 0 spiro atoms. The summed E-state index contributed by atoms with van der Waals surface area (Å²) >= 11 is 0.190. The van der Waals surface area contributed by atoms with Crippen LogP contribution in [0.2, 0.25) is 0 Å². The second-order valence-electron chi connectivity index (χ2n) is 5.74. The number of ether oxygens (including phenoxy) is 2. The third-order valence-corrected chi connectivity index (χ3v) is 6.85. The van der Waals surface area contributed by atoms with Gasteiger partial charge in [-0.05, 0) is 54.1 Å². The maximum atomic E-state index is 12.5. The van der Waals surface area contributed by atoms with Gasteiger partial charge in [-0.25, -0.2) is 0 Å². The lowest BCUT2D eigenvalue weighted by atomic mass is 10.1. The van der Waals surface area contributed by atoms with Crippen molar-refractivity contribution in [3.63, 3.8) is 0 Å². The third-order valence-electron chi connectivity index (χ3n) is 4.01. The van der Waals surface area contributed by atoms with E-state index in [-0.39, 0.29) is 6.61 Å². The van der Waals surface area contributed by atoms with Gasteiger partial charge in [-0.15, -0.1) is 0 Å². The zero-order valence-corrected chi connectivity index (χ0v) is 16.8. The van der Waals surface area contributed by atoms with Crippen molar-refractivity contribution in [2.45, 2.75) is 10.8 Å². The highest BCUT2D eigenvalue weighted by atomic mass is 32.2. The van der Waals surface area contributed by atoms with E-state index in [4.69, 9.17) is 14.6 Å². The minimum absolute atomic E-state index is 0.0216. The molecule has 2 aromatic carbocycles. The molecule has 1 heterocycles. The SMILES string of the molecule is COc1ccc(-c2nc([S+]([O-])CCCO)sc2-c2ccc(OC)cc2)cc1. The summed E-state index contributed by atoms with van der Waals surface area (Å²) in [6.45, 7) is 0.0216. The van der Waals surface area contributed by atoms with Crippen molar-refractivity contribution in [3.8, 4) is 33.2 Å². The fraction of sp³-hybridized carbons (Fsp3) is 0.250. The van der Waals surface area contributed by atoms with Crippen LogP contribution >= 0.6 is 11.3 Å². The molecular formula is C20H21NO4S2. The van der Waals surface area contributed by atoms with Crippen LogP contribution in [-0.2, 0) is 11.2 Å². The molecule has 0 aliphatic carbocycles. The molecule has 0 bridgehead atoms. The lowest BCUT2D eigenvalue weighted by molar-refractivity contribution is 0.295. The Bertz CT molecular complexity index is 798. The van der Waals surface area contributed by atoms with E-state index in [0.29, 0.717) is 16.5 Å². The summed E-state index contributed by atoms with van der Waals surface area (Å²) in [6, 6.07) is 15.4. The zero-order chi connectivity index (χ0) is 19.2. The van der Waals surface area contributed by atoms with Crippen molar-refractivity contribution in [2.75, 3.05) is 26.6 Å². The van der Waals surface area contributed by atoms with Gasteiger partial charge in [-0.3, -0.25) is 0 Å². The van der Waals surface area contributed by atoms with E-state index in [0.717, 1.165) is 33.2 Å². The van der Waals surface area contributed by atoms with Crippen LogP contribution in [0.1, 0.15) is 6.42 Å². The van der Waals surface area contributed by atoms with Crippen LogP contribution in [-0.4, -0.2) is 41.2 Å². The monoisotopic (exact) mass is 403 g/mol. The summed E-state index contributed by atoms with van der Waals surface area (Å²) in [7, 11) is 3.26. The van der Waals surface area contributed by atoms with Crippen molar-refractivity contribution in [1.29, 1.82) is 0 Å². The number of aliphatic hydroxyl groups excluding tert-OH is 1. The highest BCUT2D eigenvalue weighted by Gasteiger charge is 2.22. The van der Waals surface area contributed by atoms with Gasteiger partial charge in [-0.2, -0.15) is 4.98 Å². The first kappa shape index (κ1) is 19.7. The van der Waals surface area contributed by atoms with E-state index >= 15 is 0 Å². The number of hydrogen-bond donors (Lipinski definition) is 1. The number of rotatable bonds is 8. The standard InChI is InChI=1S/C20H21NO4S2/c1-24-16-8-4-14(5-9-16)18-19(15-6-10-17(25-2)11-7-15)26-20(21-18)27(23)13-3-12-22/h4-11,22H,3,12-13H2,1-2H3. The Morgan fingerprint density at radius 3 is 2.04 bits per heavy atom. The van der Waals surface area contributed by atoms with Gasteiger partial charge >= 0.3 is 4.34 Å². The second kappa shape index (κ2) is 9.23. The highest BCUT2D eigenvalue weighted by molar-refractivity contribution is 7.93. The maximum absolute atomic E-state index is 12.5. The van der Waals surface area contributed by atoms with Gasteiger partial charge < -0.3 is 19.1 Å². The van der Waals surface area contributed by atoms with E-state index < -0.39 is 11.2 Å². The Balaban J connectivity index is 2.03. The first-order chi connectivity index (χ1) is 13.2. The number of thiazole rings is 1. The summed E-state index contributed by atoms with van der Waals surface area (Å²) in [5, 5.41) is 9.00. The van der Waals surface area contributed by atoms with Crippen LogP contribution in [0.5, 0.6) is 11.5 Å². The fourth-order valence-corrected chi connectivity index (χ4v) is 5.02. The summed E-state index contributed by atoms with van der Waals surface area (Å²) in [5.41, 5.74) is 2.72. The molecule has 0 aliphatic rings. The quantitative estimate of drug-likeness (QED) is 0.576. The van der Waals surface area contributed by atoms with Crippen LogP contribution in [0.15, 0.2) is 52.9 Å². The van der Waals surface area contributed by atoms with Gasteiger partial charge in [0.15, 0.2) is 0 Å². The van der Waals surface area contributed by atoms with Gasteiger partial charge in [0, 0.05) is 29.8 Å². The van der Waals surface area contributed by atoms with Crippen LogP contribution in [0.4, 0.5) is 0 Å². The molecule has 0 aliphatic heterocycles. The Morgan fingerprint density at radius 1 is 0.963 bits per heavy atom. The van der Waals surface area contributed by atoms with E-state index in [1.807, 2.05) is 48.5 Å². The van der Waals surface area contributed by atoms with E-state index in [9.17, 15) is 4.55 Å². The molecular weight excluding hydrogens is 382 g/mol. The Hall–Kier alpha value is -2.06. The van der Waals surface area contributed by atoms with Crippen molar-refractivity contribution in [1.82, 2.24) is 4.98 Å². The number of aliphatic hydroxyl groups is 1.